The highest BCUT2D eigenvalue weighted by molar-refractivity contribution is 7.98. The van der Waals surface area contributed by atoms with Gasteiger partial charge < -0.3 is 10.2 Å². The van der Waals surface area contributed by atoms with Crippen LogP contribution in [0.1, 0.15) is 18.9 Å². The van der Waals surface area contributed by atoms with E-state index in [-0.39, 0.29) is 5.82 Å². The number of thioether (sulfide) groups is 1. The lowest BCUT2D eigenvalue weighted by Gasteiger charge is -2.20. The second-order valence-electron chi connectivity index (χ2n) is 4.44. The predicted octanol–water partition coefficient (Wildman–Crippen LogP) is 3.72. The van der Waals surface area contributed by atoms with E-state index in [0.29, 0.717) is 18.9 Å². The molecule has 0 saturated carbocycles. The fourth-order valence-corrected chi connectivity index (χ4v) is 2.02. The molecule has 1 heterocycles. The maximum absolute atomic E-state index is 12.9. The third kappa shape index (κ3) is 5.11. The SMILES string of the molecule is CCCNc1cc(C(F)(F)F)cc(N(C)CCSC)n1. The molecule has 0 aliphatic carbocycles. The molecule has 1 aromatic rings. The van der Waals surface area contributed by atoms with Gasteiger partial charge in [-0.1, -0.05) is 6.92 Å². The van der Waals surface area contributed by atoms with Crippen LogP contribution in [0.25, 0.3) is 0 Å². The number of hydrogen-bond donors (Lipinski definition) is 1. The first-order valence-electron chi connectivity index (χ1n) is 6.41. The first kappa shape index (κ1) is 16.9. The van der Waals surface area contributed by atoms with Crippen molar-refractivity contribution in [2.75, 3.05) is 42.4 Å². The largest absolute Gasteiger partial charge is 0.416 e. The Kier molecular flexibility index (Phi) is 6.45. The third-order valence-corrected chi connectivity index (χ3v) is 3.31. The Hall–Kier alpha value is -1.11. The molecule has 0 aliphatic rings. The summed E-state index contributed by atoms with van der Waals surface area (Å²) in [6, 6.07) is 2.15. The summed E-state index contributed by atoms with van der Waals surface area (Å²) in [4.78, 5) is 5.98. The number of hydrogen-bond acceptors (Lipinski definition) is 4. The number of nitrogens with zero attached hydrogens (tertiary/aromatic N) is 2. The predicted molar refractivity (Wildman–Crippen MR) is 79.7 cm³/mol. The number of alkyl halides is 3. The minimum atomic E-state index is -4.36. The van der Waals surface area contributed by atoms with Crippen molar-refractivity contribution in [3.63, 3.8) is 0 Å². The van der Waals surface area contributed by atoms with Crippen LogP contribution in [-0.4, -0.2) is 37.1 Å². The van der Waals surface area contributed by atoms with Gasteiger partial charge in [0.1, 0.15) is 11.6 Å². The smallest absolute Gasteiger partial charge is 0.370 e. The first-order valence-corrected chi connectivity index (χ1v) is 7.81. The zero-order chi connectivity index (χ0) is 15.2. The van der Waals surface area contributed by atoms with Gasteiger partial charge in [-0.3, -0.25) is 0 Å². The molecule has 0 aliphatic heterocycles. The molecule has 3 nitrogen and oxygen atoms in total. The first-order chi connectivity index (χ1) is 9.38. The summed E-state index contributed by atoms with van der Waals surface area (Å²) in [5.41, 5.74) is -0.669. The maximum Gasteiger partial charge on any atom is 0.416 e. The molecule has 0 bridgehead atoms. The van der Waals surface area contributed by atoms with Gasteiger partial charge in [-0.25, -0.2) is 4.98 Å². The Bertz CT molecular complexity index is 424. The van der Waals surface area contributed by atoms with Gasteiger partial charge >= 0.3 is 6.18 Å². The van der Waals surface area contributed by atoms with Crippen LogP contribution in [-0.2, 0) is 6.18 Å². The summed E-state index contributed by atoms with van der Waals surface area (Å²) in [7, 11) is 1.75. The highest BCUT2D eigenvalue weighted by atomic mass is 32.2. The van der Waals surface area contributed by atoms with Crippen molar-refractivity contribution >= 4 is 23.4 Å². The number of halogens is 3. The van der Waals surface area contributed by atoms with Gasteiger partial charge in [-0.2, -0.15) is 24.9 Å². The van der Waals surface area contributed by atoms with Gasteiger partial charge in [-0.05, 0) is 24.8 Å². The molecule has 114 valence electrons. The number of rotatable bonds is 7. The maximum atomic E-state index is 12.9. The lowest BCUT2D eigenvalue weighted by molar-refractivity contribution is -0.137. The van der Waals surface area contributed by atoms with Crippen molar-refractivity contribution in [1.82, 2.24) is 4.98 Å². The molecule has 7 heteroatoms. The van der Waals surface area contributed by atoms with E-state index in [2.05, 4.69) is 10.3 Å². The van der Waals surface area contributed by atoms with E-state index in [0.717, 1.165) is 24.3 Å². The van der Waals surface area contributed by atoms with Crippen molar-refractivity contribution in [3.8, 4) is 0 Å². The minimum absolute atomic E-state index is 0.271. The highest BCUT2D eigenvalue weighted by Crippen LogP contribution is 2.32. The van der Waals surface area contributed by atoms with Crippen molar-refractivity contribution in [3.05, 3.63) is 17.7 Å². The van der Waals surface area contributed by atoms with Gasteiger partial charge in [0.25, 0.3) is 0 Å². The van der Waals surface area contributed by atoms with E-state index in [4.69, 9.17) is 0 Å². The van der Waals surface area contributed by atoms with E-state index >= 15 is 0 Å². The van der Waals surface area contributed by atoms with Gasteiger partial charge in [-0.15, -0.1) is 0 Å². The fraction of sp³-hybridized carbons (Fsp3) is 0.615. The zero-order valence-corrected chi connectivity index (χ0v) is 12.7. The van der Waals surface area contributed by atoms with Crippen LogP contribution in [0.5, 0.6) is 0 Å². The van der Waals surface area contributed by atoms with Crippen LogP contribution in [0.15, 0.2) is 12.1 Å². The Morgan fingerprint density at radius 3 is 2.60 bits per heavy atom. The fourth-order valence-electron chi connectivity index (χ4n) is 1.56. The van der Waals surface area contributed by atoms with E-state index < -0.39 is 11.7 Å². The Balaban J connectivity index is 3.02. The van der Waals surface area contributed by atoms with Gasteiger partial charge in [0.05, 0.1) is 5.56 Å². The summed E-state index contributed by atoms with van der Waals surface area (Å²) in [6.07, 6.45) is -1.57. The average molecular weight is 307 g/mol. The van der Waals surface area contributed by atoms with Gasteiger partial charge in [0.2, 0.25) is 0 Å². The third-order valence-electron chi connectivity index (χ3n) is 2.72. The Morgan fingerprint density at radius 2 is 2.05 bits per heavy atom. The van der Waals surface area contributed by atoms with Crippen LogP contribution in [0, 0.1) is 0 Å². The van der Waals surface area contributed by atoms with E-state index in [1.807, 2.05) is 13.2 Å². The molecular formula is C13H20F3N3S. The standard InChI is InChI=1S/C13H20F3N3S/c1-4-5-17-11-8-10(13(14,15)16)9-12(18-11)19(2)6-7-20-3/h8-9H,4-7H2,1-3H3,(H,17,18). The molecule has 1 aromatic heterocycles. The highest BCUT2D eigenvalue weighted by Gasteiger charge is 2.32. The Labute approximate surface area is 122 Å². The normalized spacial score (nSPS) is 11.5. The van der Waals surface area contributed by atoms with Crippen LogP contribution in [0.3, 0.4) is 0 Å². The molecule has 0 spiro atoms. The topological polar surface area (TPSA) is 28.2 Å². The summed E-state index contributed by atoms with van der Waals surface area (Å²) in [5.74, 6) is 1.45. The van der Waals surface area contributed by atoms with Crippen LogP contribution in [0.2, 0.25) is 0 Å². The molecule has 0 unspecified atom stereocenters. The molecular weight excluding hydrogens is 287 g/mol. The summed E-state index contributed by atoms with van der Waals surface area (Å²) >= 11 is 1.65. The lowest BCUT2D eigenvalue weighted by atomic mass is 10.2. The summed E-state index contributed by atoms with van der Waals surface area (Å²) < 4.78 is 38.7. The molecule has 0 fully saturated rings. The number of pyridine rings is 1. The molecule has 0 saturated heterocycles. The minimum Gasteiger partial charge on any atom is -0.370 e. The van der Waals surface area contributed by atoms with E-state index in [9.17, 15) is 13.2 Å². The van der Waals surface area contributed by atoms with Gasteiger partial charge in [0.15, 0.2) is 0 Å². The number of nitrogens with one attached hydrogen (secondary N) is 1. The molecule has 0 radical (unpaired) electrons. The molecule has 20 heavy (non-hydrogen) atoms. The Morgan fingerprint density at radius 1 is 1.35 bits per heavy atom. The second-order valence-corrected chi connectivity index (χ2v) is 5.42. The van der Waals surface area contributed by atoms with Gasteiger partial charge in [0, 0.05) is 25.9 Å². The molecule has 0 amide bonds. The lowest BCUT2D eigenvalue weighted by Crippen LogP contribution is -2.22. The number of aromatic nitrogens is 1. The molecule has 1 rings (SSSR count). The van der Waals surface area contributed by atoms with Crippen LogP contribution in [0.4, 0.5) is 24.8 Å². The average Bonchev–Trinajstić information content (AvgIpc) is 2.41. The van der Waals surface area contributed by atoms with Crippen molar-refractivity contribution < 1.29 is 13.2 Å². The summed E-state index contributed by atoms with van der Waals surface area (Å²) in [5, 5.41) is 2.92. The quantitative estimate of drug-likeness (QED) is 0.831. The molecule has 1 N–H and O–H groups in total. The molecule has 0 atom stereocenters. The summed E-state index contributed by atoms with van der Waals surface area (Å²) in [6.45, 7) is 3.21. The van der Waals surface area contributed by atoms with Crippen LogP contribution < -0.4 is 10.2 Å². The van der Waals surface area contributed by atoms with Crippen LogP contribution >= 0.6 is 11.8 Å². The number of anilines is 2. The van der Waals surface area contributed by atoms with Crippen molar-refractivity contribution in [2.24, 2.45) is 0 Å². The monoisotopic (exact) mass is 307 g/mol. The van der Waals surface area contributed by atoms with E-state index in [1.54, 1.807) is 23.7 Å². The van der Waals surface area contributed by atoms with Crippen molar-refractivity contribution in [1.29, 1.82) is 0 Å². The van der Waals surface area contributed by atoms with E-state index in [1.165, 1.54) is 0 Å². The zero-order valence-electron chi connectivity index (χ0n) is 11.9. The molecule has 0 aromatic carbocycles. The second kappa shape index (κ2) is 7.61. The van der Waals surface area contributed by atoms with Crippen molar-refractivity contribution in [2.45, 2.75) is 19.5 Å².